The number of nitrogens with one attached hydrogen (secondary N) is 1. The lowest BCUT2D eigenvalue weighted by Gasteiger charge is -2.08. The normalized spacial score (nSPS) is 10.1. The molecule has 7 heteroatoms. The fourth-order valence-corrected chi connectivity index (χ4v) is 2.49. The standard InChI is InChI=1S/C21H16N2O5/c24-20(22-14-15-6-2-1-3-7-15)16-8-5-11-19(13-16)28-21(25)17-9-4-10-18(12-17)23(26)27/h1-13H,14H2,(H,22,24). The second-order valence-electron chi connectivity index (χ2n) is 5.89. The number of carbonyl (C=O) groups is 2. The van der Waals surface area contributed by atoms with E-state index in [9.17, 15) is 19.7 Å². The first kappa shape index (κ1) is 18.8. The van der Waals surface area contributed by atoms with Crippen LogP contribution < -0.4 is 10.1 Å². The quantitative estimate of drug-likeness (QED) is 0.306. The van der Waals surface area contributed by atoms with Gasteiger partial charge < -0.3 is 10.1 Å². The number of nitro groups is 1. The smallest absolute Gasteiger partial charge is 0.343 e. The summed E-state index contributed by atoms with van der Waals surface area (Å²) in [6.07, 6.45) is 0. The number of nitro benzene ring substituents is 1. The molecule has 0 aromatic heterocycles. The van der Waals surface area contributed by atoms with E-state index in [0.717, 1.165) is 11.6 Å². The van der Waals surface area contributed by atoms with E-state index >= 15 is 0 Å². The zero-order valence-electron chi connectivity index (χ0n) is 14.7. The van der Waals surface area contributed by atoms with Gasteiger partial charge in [-0.15, -0.1) is 0 Å². The number of carbonyl (C=O) groups excluding carboxylic acids is 2. The van der Waals surface area contributed by atoms with E-state index in [-0.39, 0.29) is 22.9 Å². The zero-order valence-corrected chi connectivity index (χ0v) is 14.7. The Kier molecular flexibility index (Phi) is 5.76. The number of nitrogens with zero attached hydrogens (tertiary/aromatic N) is 1. The third-order valence-electron chi connectivity index (χ3n) is 3.90. The van der Waals surface area contributed by atoms with Crippen molar-refractivity contribution in [3.8, 4) is 5.75 Å². The third kappa shape index (κ3) is 4.79. The van der Waals surface area contributed by atoms with Crippen molar-refractivity contribution in [3.63, 3.8) is 0 Å². The Morgan fingerprint density at radius 3 is 2.36 bits per heavy atom. The summed E-state index contributed by atoms with van der Waals surface area (Å²) in [5, 5.41) is 13.6. The number of hydrogen-bond donors (Lipinski definition) is 1. The number of benzene rings is 3. The molecule has 0 saturated heterocycles. The molecule has 3 aromatic carbocycles. The van der Waals surface area contributed by atoms with Gasteiger partial charge in [0.1, 0.15) is 5.75 Å². The lowest BCUT2D eigenvalue weighted by molar-refractivity contribution is -0.384. The van der Waals surface area contributed by atoms with Gasteiger partial charge >= 0.3 is 5.97 Å². The number of non-ortho nitro benzene ring substituents is 1. The van der Waals surface area contributed by atoms with Crippen molar-refractivity contribution in [1.29, 1.82) is 0 Å². The minimum Gasteiger partial charge on any atom is -0.423 e. The van der Waals surface area contributed by atoms with Crippen LogP contribution in [-0.4, -0.2) is 16.8 Å². The maximum absolute atomic E-state index is 12.3. The van der Waals surface area contributed by atoms with Crippen molar-refractivity contribution in [2.45, 2.75) is 6.54 Å². The van der Waals surface area contributed by atoms with Gasteiger partial charge in [-0.25, -0.2) is 4.79 Å². The third-order valence-corrected chi connectivity index (χ3v) is 3.90. The van der Waals surface area contributed by atoms with Gasteiger partial charge in [0.2, 0.25) is 0 Å². The number of ether oxygens (including phenoxy) is 1. The Morgan fingerprint density at radius 2 is 1.61 bits per heavy atom. The molecule has 3 rings (SSSR count). The van der Waals surface area contributed by atoms with Gasteiger partial charge in [0, 0.05) is 24.2 Å². The molecule has 1 amide bonds. The molecule has 0 heterocycles. The molecule has 0 saturated carbocycles. The maximum Gasteiger partial charge on any atom is 0.343 e. The van der Waals surface area contributed by atoms with Gasteiger partial charge in [0.15, 0.2) is 0 Å². The van der Waals surface area contributed by atoms with Crippen LogP contribution in [0.4, 0.5) is 5.69 Å². The Hall–Kier alpha value is -4.00. The SMILES string of the molecule is O=C(NCc1ccccc1)c1cccc(OC(=O)c2cccc([N+](=O)[O-])c2)c1. The molecular weight excluding hydrogens is 360 g/mol. The van der Waals surface area contributed by atoms with Crippen molar-refractivity contribution < 1.29 is 19.2 Å². The highest BCUT2D eigenvalue weighted by Crippen LogP contribution is 2.18. The summed E-state index contributed by atoms with van der Waals surface area (Å²) < 4.78 is 5.25. The van der Waals surface area contributed by atoms with Crippen LogP contribution in [0.15, 0.2) is 78.9 Å². The van der Waals surface area contributed by atoms with Crippen LogP contribution in [0.1, 0.15) is 26.3 Å². The molecule has 0 bridgehead atoms. The van der Waals surface area contributed by atoms with Gasteiger partial charge in [0.05, 0.1) is 10.5 Å². The summed E-state index contributed by atoms with van der Waals surface area (Å²) >= 11 is 0. The zero-order chi connectivity index (χ0) is 19.9. The molecule has 0 atom stereocenters. The summed E-state index contributed by atoms with van der Waals surface area (Å²) in [4.78, 5) is 34.8. The molecule has 7 nitrogen and oxygen atoms in total. The molecule has 1 N–H and O–H groups in total. The predicted octanol–water partition coefficient (Wildman–Crippen LogP) is 3.74. The number of hydrogen-bond acceptors (Lipinski definition) is 5. The summed E-state index contributed by atoms with van der Waals surface area (Å²) in [6.45, 7) is 0.372. The maximum atomic E-state index is 12.3. The Bertz CT molecular complexity index is 1020. The first-order valence-electron chi connectivity index (χ1n) is 8.42. The van der Waals surface area contributed by atoms with Gasteiger partial charge in [-0.3, -0.25) is 14.9 Å². The van der Waals surface area contributed by atoms with Gasteiger partial charge in [-0.2, -0.15) is 0 Å². The highest BCUT2D eigenvalue weighted by molar-refractivity contribution is 5.95. The van der Waals surface area contributed by atoms with Crippen molar-refractivity contribution in [1.82, 2.24) is 5.32 Å². The van der Waals surface area contributed by atoms with Crippen LogP contribution in [0.25, 0.3) is 0 Å². The second kappa shape index (κ2) is 8.59. The Morgan fingerprint density at radius 1 is 0.893 bits per heavy atom. The number of esters is 1. The molecule has 0 spiro atoms. The second-order valence-corrected chi connectivity index (χ2v) is 5.89. The van der Waals surface area contributed by atoms with E-state index in [1.165, 1.54) is 30.3 Å². The fraction of sp³-hybridized carbons (Fsp3) is 0.0476. The summed E-state index contributed by atoms with van der Waals surface area (Å²) in [6, 6.07) is 20.9. The van der Waals surface area contributed by atoms with E-state index in [1.807, 2.05) is 30.3 Å². The molecule has 0 radical (unpaired) electrons. The molecule has 3 aromatic rings. The molecular formula is C21H16N2O5. The van der Waals surface area contributed by atoms with Crippen LogP contribution in [0.3, 0.4) is 0 Å². The highest BCUT2D eigenvalue weighted by Gasteiger charge is 2.14. The van der Waals surface area contributed by atoms with E-state index in [0.29, 0.717) is 12.1 Å². The average Bonchev–Trinajstić information content (AvgIpc) is 2.73. The topological polar surface area (TPSA) is 98.5 Å². The van der Waals surface area contributed by atoms with Crippen molar-refractivity contribution in [3.05, 3.63) is 106 Å². The van der Waals surface area contributed by atoms with E-state index < -0.39 is 10.9 Å². The number of amides is 1. The monoisotopic (exact) mass is 376 g/mol. The van der Waals surface area contributed by atoms with Gasteiger partial charge in [-0.1, -0.05) is 42.5 Å². The molecule has 0 unspecified atom stereocenters. The lowest BCUT2D eigenvalue weighted by Crippen LogP contribution is -2.22. The van der Waals surface area contributed by atoms with E-state index in [4.69, 9.17) is 4.74 Å². The highest BCUT2D eigenvalue weighted by atomic mass is 16.6. The van der Waals surface area contributed by atoms with Crippen LogP contribution in [0, 0.1) is 10.1 Å². The van der Waals surface area contributed by atoms with E-state index in [1.54, 1.807) is 12.1 Å². The molecule has 0 fully saturated rings. The number of rotatable bonds is 6. The first-order chi connectivity index (χ1) is 13.5. The van der Waals surface area contributed by atoms with Crippen LogP contribution in [0.2, 0.25) is 0 Å². The largest absolute Gasteiger partial charge is 0.423 e. The average molecular weight is 376 g/mol. The Balaban J connectivity index is 1.67. The summed E-state index contributed by atoms with van der Waals surface area (Å²) in [7, 11) is 0. The fourth-order valence-electron chi connectivity index (χ4n) is 2.49. The summed E-state index contributed by atoms with van der Waals surface area (Å²) in [5.41, 5.74) is 1.14. The predicted molar refractivity (Wildman–Crippen MR) is 102 cm³/mol. The molecule has 28 heavy (non-hydrogen) atoms. The minimum atomic E-state index is -0.745. The molecule has 140 valence electrons. The van der Waals surface area contributed by atoms with Crippen molar-refractivity contribution >= 4 is 17.6 Å². The Labute approximate surface area is 160 Å². The molecule has 0 aliphatic rings. The van der Waals surface area contributed by atoms with Crippen LogP contribution in [-0.2, 0) is 6.54 Å². The van der Waals surface area contributed by atoms with Crippen molar-refractivity contribution in [2.75, 3.05) is 0 Å². The molecule has 0 aliphatic heterocycles. The first-order valence-corrected chi connectivity index (χ1v) is 8.42. The molecule has 0 aliphatic carbocycles. The van der Waals surface area contributed by atoms with Crippen molar-refractivity contribution in [2.24, 2.45) is 0 Å². The summed E-state index contributed by atoms with van der Waals surface area (Å²) in [5.74, 6) is -0.883. The minimum absolute atomic E-state index is 0.0492. The van der Waals surface area contributed by atoms with E-state index in [2.05, 4.69) is 5.32 Å². The lowest BCUT2D eigenvalue weighted by atomic mass is 10.1. The van der Waals surface area contributed by atoms with Crippen LogP contribution in [0.5, 0.6) is 5.75 Å². The van der Waals surface area contributed by atoms with Gasteiger partial charge in [0.25, 0.3) is 11.6 Å². The van der Waals surface area contributed by atoms with Gasteiger partial charge in [-0.05, 0) is 29.8 Å². The van der Waals surface area contributed by atoms with Crippen LogP contribution >= 0.6 is 0 Å².